The largest absolute Gasteiger partial charge is 0.464 e. The van der Waals surface area contributed by atoms with Gasteiger partial charge < -0.3 is 14.8 Å². The van der Waals surface area contributed by atoms with Crippen molar-refractivity contribution in [2.45, 2.75) is 31.4 Å². The van der Waals surface area contributed by atoms with E-state index < -0.39 is 0 Å². The van der Waals surface area contributed by atoms with Crippen molar-refractivity contribution < 1.29 is 9.52 Å². The summed E-state index contributed by atoms with van der Waals surface area (Å²) < 4.78 is 5.62. The Hall–Kier alpha value is -0.450. The first-order valence-corrected chi connectivity index (χ1v) is 6.32. The lowest BCUT2D eigenvalue weighted by Crippen LogP contribution is -2.10. The van der Waals surface area contributed by atoms with Crippen LogP contribution in [-0.2, 0) is 12.3 Å². The second kappa shape index (κ2) is 6.93. The molecular weight excluding hydrogens is 210 g/mol. The minimum atomic E-state index is 0.218. The van der Waals surface area contributed by atoms with E-state index in [0.717, 1.165) is 30.4 Å². The maximum Gasteiger partial charge on any atom is 0.117 e. The predicted molar refractivity (Wildman–Crippen MR) is 63.9 cm³/mol. The summed E-state index contributed by atoms with van der Waals surface area (Å²) in [6, 6.07) is 4.01. The van der Waals surface area contributed by atoms with E-state index in [4.69, 9.17) is 9.52 Å². The Morgan fingerprint density at radius 2 is 2.20 bits per heavy atom. The van der Waals surface area contributed by atoms with Gasteiger partial charge >= 0.3 is 0 Å². The molecule has 0 aliphatic heterocycles. The molecule has 3 nitrogen and oxygen atoms in total. The van der Waals surface area contributed by atoms with E-state index in [1.165, 1.54) is 0 Å². The van der Waals surface area contributed by atoms with E-state index >= 15 is 0 Å². The zero-order chi connectivity index (χ0) is 11.1. The summed E-state index contributed by atoms with van der Waals surface area (Å²) in [7, 11) is 0. The van der Waals surface area contributed by atoms with Crippen LogP contribution in [0.25, 0.3) is 0 Å². The van der Waals surface area contributed by atoms with Crippen LogP contribution in [-0.4, -0.2) is 23.5 Å². The minimum Gasteiger partial charge on any atom is -0.464 e. The van der Waals surface area contributed by atoms with E-state index in [2.05, 4.69) is 12.2 Å². The number of rotatable bonds is 7. The van der Waals surface area contributed by atoms with Gasteiger partial charge in [0.05, 0.1) is 18.9 Å². The first kappa shape index (κ1) is 12.6. The molecule has 1 atom stereocenters. The number of hydrogen-bond acceptors (Lipinski definition) is 4. The third kappa shape index (κ3) is 4.73. The molecule has 1 unspecified atom stereocenters. The monoisotopic (exact) mass is 229 g/mol. The van der Waals surface area contributed by atoms with Crippen LogP contribution in [0, 0.1) is 0 Å². The number of aliphatic hydroxyl groups excluding tert-OH is 1. The molecule has 15 heavy (non-hydrogen) atoms. The molecule has 4 heteroatoms. The molecular formula is C11H19NO2S. The van der Waals surface area contributed by atoms with Crippen molar-refractivity contribution in [3.8, 4) is 0 Å². The van der Waals surface area contributed by atoms with Gasteiger partial charge in [-0.3, -0.25) is 0 Å². The van der Waals surface area contributed by atoms with Crippen LogP contribution < -0.4 is 5.32 Å². The lowest BCUT2D eigenvalue weighted by molar-refractivity contribution is 0.300. The minimum absolute atomic E-state index is 0.218. The molecule has 0 saturated heterocycles. The van der Waals surface area contributed by atoms with Crippen LogP contribution in [0.4, 0.5) is 0 Å². The van der Waals surface area contributed by atoms with Crippen molar-refractivity contribution in [3.05, 3.63) is 23.7 Å². The topological polar surface area (TPSA) is 45.4 Å². The molecule has 0 radical (unpaired) electrons. The van der Waals surface area contributed by atoms with Gasteiger partial charge in [0.2, 0.25) is 0 Å². The van der Waals surface area contributed by atoms with Gasteiger partial charge in [0, 0.05) is 5.25 Å². The van der Waals surface area contributed by atoms with Gasteiger partial charge in [0.15, 0.2) is 0 Å². The molecule has 0 fully saturated rings. The molecule has 0 spiro atoms. The van der Waals surface area contributed by atoms with E-state index in [0.29, 0.717) is 0 Å². The number of aliphatic hydroxyl groups is 1. The van der Waals surface area contributed by atoms with Crippen LogP contribution in [0.15, 0.2) is 16.5 Å². The number of furan rings is 1. The number of hydrogen-bond donors (Lipinski definition) is 2. The van der Waals surface area contributed by atoms with E-state index in [-0.39, 0.29) is 11.9 Å². The van der Waals surface area contributed by atoms with Gasteiger partial charge in [-0.15, -0.1) is 11.8 Å². The fourth-order valence-corrected chi connectivity index (χ4v) is 1.83. The highest BCUT2D eigenvalue weighted by Crippen LogP contribution is 2.19. The van der Waals surface area contributed by atoms with Gasteiger partial charge in [-0.1, -0.05) is 13.8 Å². The van der Waals surface area contributed by atoms with Crippen molar-refractivity contribution in [1.82, 2.24) is 5.32 Å². The lowest BCUT2D eigenvalue weighted by Gasteiger charge is -2.04. The van der Waals surface area contributed by atoms with Crippen LogP contribution in [0.3, 0.4) is 0 Å². The molecule has 1 heterocycles. The second-order valence-electron chi connectivity index (χ2n) is 3.45. The normalized spacial score (nSPS) is 13.0. The Balaban J connectivity index is 2.32. The summed E-state index contributed by atoms with van der Waals surface area (Å²) in [5, 5.41) is 12.4. The second-order valence-corrected chi connectivity index (χ2v) is 4.88. The number of nitrogens with one attached hydrogen (secondary N) is 1. The summed E-state index contributed by atoms with van der Waals surface area (Å²) in [5.74, 6) is 2.78. The van der Waals surface area contributed by atoms with Gasteiger partial charge in [-0.25, -0.2) is 0 Å². The average molecular weight is 229 g/mol. The van der Waals surface area contributed by atoms with Crippen molar-refractivity contribution in [2.75, 3.05) is 13.2 Å². The molecule has 0 saturated carbocycles. The van der Waals surface area contributed by atoms with E-state index in [9.17, 15) is 0 Å². The SMILES string of the molecule is CCNCc1ccc(CSC(C)CO)o1. The molecule has 1 rings (SSSR count). The zero-order valence-corrected chi connectivity index (χ0v) is 10.1. The van der Waals surface area contributed by atoms with Crippen LogP contribution >= 0.6 is 11.8 Å². The molecule has 0 aliphatic carbocycles. The fraction of sp³-hybridized carbons (Fsp3) is 0.636. The van der Waals surface area contributed by atoms with E-state index in [1.807, 2.05) is 19.1 Å². The Morgan fingerprint density at radius 3 is 2.87 bits per heavy atom. The quantitative estimate of drug-likeness (QED) is 0.750. The van der Waals surface area contributed by atoms with Crippen molar-refractivity contribution in [3.63, 3.8) is 0 Å². The predicted octanol–water partition coefficient (Wildman–Crippen LogP) is 2.00. The first-order chi connectivity index (χ1) is 7.26. The molecule has 1 aromatic heterocycles. The maximum absolute atomic E-state index is 8.87. The highest BCUT2D eigenvalue weighted by atomic mass is 32.2. The van der Waals surface area contributed by atoms with Crippen molar-refractivity contribution in [2.24, 2.45) is 0 Å². The smallest absolute Gasteiger partial charge is 0.117 e. The van der Waals surface area contributed by atoms with Crippen molar-refractivity contribution in [1.29, 1.82) is 0 Å². The lowest BCUT2D eigenvalue weighted by atomic mass is 10.4. The summed E-state index contributed by atoms with van der Waals surface area (Å²) in [4.78, 5) is 0. The summed E-state index contributed by atoms with van der Waals surface area (Å²) in [6.45, 7) is 6.04. The third-order valence-corrected chi connectivity index (χ3v) is 3.20. The Labute approximate surface area is 95.2 Å². The Morgan fingerprint density at radius 1 is 1.47 bits per heavy atom. The number of thioether (sulfide) groups is 1. The molecule has 0 amide bonds. The van der Waals surface area contributed by atoms with Gasteiger partial charge in [0.1, 0.15) is 11.5 Å². The summed E-state index contributed by atoms with van der Waals surface area (Å²) >= 11 is 1.70. The standard InChI is InChI=1S/C11H19NO2S/c1-3-12-6-10-4-5-11(14-10)8-15-9(2)7-13/h4-5,9,12-13H,3,6-8H2,1-2H3. The highest BCUT2D eigenvalue weighted by Gasteiger charge is 2.05. The van der Waals surface area contributed by atoms with Gasteiger partial charge in [-0.05, 0) is 18.7 Å². The van der Waals surface area contributed by atoms with E-state index in [1.54, 1.807) is 11.8 Å². The molecule has 0 aliphatic rings. The molecule has 2 N–H and O–H groups in total. The summed E-state index contributed by atoms with van der Waals surface area (Å²) in [5.41, 5.74) is 0. The molecule has 0 bridgehead atoms. The Bertz CT molecular complexity index is 275. The fourth-order valence-electron chi connectivity index (χ4n) is 1.12. The molecule has 86 valence electrons. The zero-order valence-electron chi connectivity index (χ0n) is 9.32. The van der Waals surface area contributed by atoms with Crippen LogP contribution in [0.5, 0.6) is 0 Å². The Kier molecular flexibility index (Phi) is 5.83. The van der Waals surface area contributed by atoms with Crippen LogP contribution in [0.2, 0.25) is 0 Å². The van der Waals surface area contributed by atoms with Gasteiger partial charge in [-0.2, -0.15) is 0 Å². The third-order valence-electron chi connectivity index (χ3n) is 2.03. The first-order valence-electron chi connectivity index (χ1n) is 5.27. The summed E-state index contributed by atoms with van der Waals surface area (Å²) in [6.07, 6.45) is 0. The highest BCUT2D eigenvalue weighted by molar-refractivity contribution is 7.99. The molecule has 0 aromatic carbocycles. The van der Waals surface area contributed by atoms with Gasteiger partial charge in [0.25, 0.3) is 0 Å². The van der Waals surface area contributed by atoms with Crippen LogP contribution in [0.1, 0.15) is 25.4 Å². The maximum atomic E-state index is 8.87. The molecule has 1 aromatic rings. The average Bonchev–Trinajstić information content (AvgIpc) is 2.71. The van der Waals surface area contributed by atoms with Crippen molar-refractivity contribution >= 4 is 11.8 Å².